The van der Waals surface area contributed by atoms with Crippen molar-refractivity contribution in [3.63, 3.8) is 0 Å². The van der Waals surface area contributed by atoms with Crippen molar-refractivity contribution < 1.29 is 9.53 Å². The van der Waals surface area contributed by atoms with E-state index in [0.717, 1.165) is 19.4 Å². The molecule has 3 heterocycles. The van der Waals surface area contributed by atoms with Crippen molar-refractivity contribution in [3.8, 4) is 0 Å². The lowest BCUT2D eigenvalue weighted by Crippen LogP contribution is -2.17. The van der Waals surface area contributed by atoms with E-state index in [1.54, 1.807) is 18.5 Å². The number of rotatable bonds is 6. The Balaban J connectivity index is 1.43. The van der Waals surface area contributed by atoms with Gasteiger partial charge in [-0.25, -0.2) is 9.97 Å². The number of aromatic nitrogens is 5. The van der Waals surface area contributed by atoms with Crippen molar-refractivity contribution in [1.29, 1.82) is 0 Å². The van der Waals surface area contributed by atoms with Crippen LogP contribution >= 0.6 is 0 Å². The van der Waals surface area contributed by atoms with Gasteiger partial charge in [-0.3, -0.25) is 15.2 Å². The Hall–Kier alpha value is -2.55. The summed E-state index contributed by atoms with van der Waals surface area (Å²) >= 11 is 0. The highest BCUT2D eigenvalue weighted by Crippen LogP contribution is 2.25. The van der Waals surface area contributed by atoms with E-state index in [9.17, 15) is 4.79 Å². The molecule has 3 rings (SSSR count). The average molecular weight is 303 g/mol. The lowest BCUT2D eigenvalue weighted by Gasteiger charge is -2.04. The van der Waals surface area contributed by atoms with Crippen LogP contribution in [0.3, 0.4) is 0 Å². The minimum atomic E-state index is -0.179. The first-order valence-corrected chi connectivity index (χ1v) is 7.16. The zero-order valence-corrected chi connectivity index (χ0v) is 12.0. The van der Waals surface area contributed by atoms with E-state index in [4.69, 9.17) is 4.74 Å². The van der Waals surface area contributed by atoms with Crippen molar-refractivity contribution in [3.05, 3.63) is 24.3 Å². The fraction of sp³-hybridized carbons (Fsp3) is 0.462. The molecule has 0 saturated carbocycles. The van der Waals surface area contributed by atoms with Crippen LogP contribution in [0.5, 0.6) is 0 Å². The highest BCUT2D eigenvalue weighted by molar-refractivity contribution is 5.89. The molecule has 116 valence electrons. The van der Waals surface area contributed by atoms with E-state index in [0.29, 0.717) is 18.3 Å². The summed E-state index contributed by atoms with van der Waals surface area (Å²) in [6.45, 7) is 1.17. The quantitative estimate of drug-likeness (QED) is 0.725. The Morgan fingerprint density at radius 3 is 3.00 bits per heavy atom. The predicted octanol–water partition coefficient (Wildman–Crippen LogP) is 0.887. The predicted molar refractivity (Wildman–Crippen MR) is 78.1 cm³/mol. The molecule has 22 heavy (non-hydrogen) atoms. The van der Waals surface area contributed by atoms with Crippen molar-refractivity contribution in [2.45, 2.75) is 25.4 Å². The molecular weight excluding hydrogens is 286 g/mol. The van der Waals surface area contributed by atoms with E-state index in [1.165, 1.54) is 0 Å². The van der Waals surface area contributed by atoms with Gasteiger partial charge in [-0.2, -0.15) is 4.98 Å². The summed E-state index contributed by atoms with van der Waals surface area (Å²) in [4.78, 5) is 24.1. The van der Waals surface area contributed by atoms with Gasteiger partial charge in [0, 0.05) is 32.0 Å². The third-order valence-electron chi connectivity index (χ3n) is 3.19. The Morgan fingerprint density at radius 2 is 2.23 bits per heavy atom. The lowest BCUT2D eigenvalue weighted by molar-refractivity contribution is -0.116. The molecule has 9 nitrogen and oxygen atoms in total. The van der Waals surface area contributed by atoms with Crippen LogP contribution in [0.25, 0.3) is 0 Å². The normalized spacial score (nSPS) is 17.4. The van der Waals surface area contributed by atoms with Gasteiger partial charge in [-0.15, -0.1) is 5.10 Å². The maximum Gasteiger partial charge on any atom is 0.248 e. The number of ether oxygens (including phenoxy) is 1. The molecule has 0 aromatic carbocycles. The van der Waals surface area contributed by atoms with Crippen molar-refractivity contribution in [2.24, 2.45) is 0 Å². The topological polar surface area (TPSA) is 118 Å². The SMILES string of the molecule is O=C(CCNc1ncccn1)Nc1n[nH]c([C@H]2CCCO2)n1. The summed E-state index contributed by atoms with van der Waals surface area (Å²) in [6.07, 6.45) is 5.42. The molecule has 0 unspecified atom stereocenters. The molecule has 1 amide bonds. The van der Waals surface area contributed by atoms with Gasteiger partial charge in [-0.1, -0.05) is 0 Å². The second-order valence-corrected chi connectivity index (χ2v) is 4.84. The zero-order valence-electron chi connectivity index (χ0n) is 12.0. The summed E-state index contributed by atoms with van der Waals surface area (Å²) in [5.41, 5.74) is 0. The molecule has 1 aliphatic rings. The molecule has 0 aliphatic carbocycles. The van der Waals surface area contributed by atoms with Gasteiger partial charge in [0.25, 0.3) is 0 Å². The largest absolute Gasteiger partial charge is 0.370 e. The fourth-order valence-electron chi connectivity index (χ4n) is 2.13. The van der Waals surface area contributed by atoms with Crippen molar-refractivity contribution in [1.82, 2.24) is 25.1 Å². The van der Waals surface area contributed by atoms with Gasteiger partial charge in [0.1, 0.15) is 6.10 Å². The van der Waals surface area contributed by atoms with Gasteiger partial charge < -0.3 is 10.1 Å². The van der Waals surface area contributed by atoms with Crippen molar-refractivity contribution >= 4 is 17.8 Å². The molecular formula is C13H17N7O2. The molecule has 1 fully saturated rings. The van der Waals surface area contributed by atoms with Crippen molar-refractivity contribution in [2.75, 3.05) is 23.8 Å². The Bertz CT molecular complexity index is 610. The van der Waals surface area contributed by atoms with E-state index >= 15 is 0 Å². The van der Waals surface area contributed by atoms with Crippen LogP contribution in [-0.2, 0) is 9.53 Å². The van der Waals surface area contributed by atoms with Gasteiger partial charge >= 0.3 is 0 Å². The standard InChI is InChI=1S/C13H17N7O2/c21-10(4-7-16-12-14-5-2-6-15-12)17-13-18-11(19-20-13)9-3-1-8-22-9/h2,5-6,9H,1,3-4,7-8H2,(H,14,15,16)(H2,17,18,19,20,21)/t9-/m1/s1. The number of hydrogen-bond acceptors (Lipinski definition) is 7. The zero-order chi connectivity index (χ0) is 15.2. The Kier molecular flexibility index (Phi) is 4.54. The monoisotopic (exact) mass is 303 g/mol. The lowest BCUT2D eigenvalue weighted by atomic mass is 10.2. The number of aromatic amines is 1. The van der Waals surface area contributed by atoms with E-state index in [-0.39, 0.29) is 24.4 Å². The van der Waals surface area contributed by atoms with Crippen LogP contribution in [-0.4, -0.2) is 44.2 Å². The van der Waals surface area contributed by atoms with Crippen LogP contribution in [0.1, 0.15) is 31.2 Å². The first-order chi connectivity index (χ1) is 10.8. The molecule has 1 saturated heterocycles. The summed E-state index contributed by atoms with van der Waals surface area (Å²) in [6, 6.07) is 1.73. The van der Waals surface area contributed by atoms with Gasteiger partial charge in [-0.05, 0) is 18.9 Å². The van der Waals surface area contributed by atoms with E-state index < -0.39 is 0 Å². The average Bonchev–Trinajstić information content (AvgIpc) is 3.19. The number of anilines is 2. The van der Waals surface area contributed by atoms with Crippen LogP contribution in [0, 0.1) is 0 Å². The molecule has 2 aromatic heterocycles. The summed E-state index contributed by atoms with van der Waals surface area (Å²) in [5.74, 6) is 1.24. The first-order valence-electron chi connectivity index (χ1n) is 7.16. The summed E-state index contributed by atoms with van der Waals surface area (Å²) in [5, 5.41) is 12.4. The van der Waals surface area contributed by atoms with Crippen LogP contribution < -0.4 is 10.6 Å². The molecule has 1 atom stereocenters. The molecule has 0 radical (unpaired) electrons. The summed E-state index contributed by atoms with van der Waals surface area (Å²) < 4.78 is 5.50. The number of nitrogens with one attached hydrogen (secondary N) is 3. The third-order valence-corrected chi connectivity index (χ3v) is 3.19. The van der Waals surface area contributed by atoms with Gasteiger partial charge in [0.15, 0.2) is 5.82 Å². The second-order valence-electron chi connectivity index (χ2n) is 4.84. The van der Waals surface area contributed by atoms with Crippen LogP contribution in [0.2, 0.25) is 0 Å². The number of nitrogens with zero attached hydrogens (tertiary/aromatic N) is 4. The highest BCUT2D eigenvalue weighted by atomic mass is 16.5. The van der Waals surface area contributed by atoms with Gasteiger partial charge in [0.05, 0.1) is 0 Å². The molecule has 2 aromatic rings. The second kappa shape index (κ2) is 6.94. The fourth-order valence-corrected chi connectivity index (χ4v) is 2.13. The summed E-state index contributed by atoms with van der Waals surface area (Å²) in [7, 11) is 0. The maximum absolute atomic E-state index is 11.8. The molecule has 3 N–H and O–H groups in total. The molecule has 9 heteroatoms. The van der Waals surface area contributed by atoms with Crippen LogP contribution in [0.4, 0.5) is 11.9 Å². The maximum atomic E-state index is 11.8. The number of carbonyl (C=O) groups is 1. The number of carbonyl (C=O) groups excluding carboxylic acids is 1. The smallest absolute Gasteiger partial charge is 0.248 e. The van der Waals surface area contributed by atoms with Gasteiger partial charge in [0.2, 0.25) is 17.8 Å². The molecule has 0 spiro atoms. The Labute approximate surface area is 126 Å². The molecule has 1 aliphatic heterocycles. The number of hydrogen-bond donors (Lipinski definition) is 3. The molecule has 0 bridgehead atoms. The van der Waals surface area contributed by atoms with E-state index in [2.05, 4.69) is 35.8 Å². The third kappa shape index (κ3) is 3.76. The highest BCUT2D eigenvalue weighted by Gasteiger charge is 2.21. The number of H-pyrrole nitrogens is 1. The minimum absolute atomic E-state index is 0.0463. The van der Waals surface area contributed by atoms with Crippen LogP contribution in [0.15, 0.2) is 18.5 Å². The number of amides is 1. The first kappa shape index (κ1) is 14.4. The Morgan fingerprint density at radius 1 is 1.36 bits per heavy atom. The van der Waals surface area contributed by atoms with E-state index in [1.807, 2.05) is 0 Å². The minimum Gasteiger partial charge on any atom is -0.370 e.